The van der Waals surface area contributed by atoms with Crippen LogP contribution in [0.4, 0.5) is 14.5 Å². The Morgan fingerprint density at radius 3 is 2.39 bits per heavy atom. The molecule has 1 aromatic rings. The average Bonchev–Trinajstić information content (AvgIpc) is 2.29. The number of anilines is 1. The first-order chi connectivity index (χ1) is 8.36. The van der Waals surface area contributed by atoms with Crippen molar-refractivity contribution >= 4 is 17.6 Å². The Morgan fingerprint density at radius 1 is 1.33 bits per heavy atom. The highest BCUT2D eigenvalue weighted by Gasteiger charge is 2.22. The highest BCUT2D eigenvalue weighted by atomic mass is 19.2. The molecular weight excluding hydrogens is 246 g/mol. The van der Waals surface area contributed by atoms with E-state index in [1.807, 2.05) is 0 Å². The molecule has 98 valence electrons. The first kappa shape index (κ1) is 13.9. The molecule has 1 unspecified atom stereocenters. The molecule has 1 rings (SSSR count). The molecule has 18 heavy (non-hydrogen) atoms. The van der Waals surface area contributed by atoms with E-state index >= 15 is 0 Å². The Morgan fingerprint density at radius 2 is 1.89 bits per heavy atom. The van der Waals surface area contributed by atoms with Crippen LogP contribution in [0.25, 0.3) is 0 Å². The fourth-order valence-electron chi connectivity index (χ4n) is 1.27. The molecule has 1 aromatic carbocycles. The Labute approximate surface area is 102 Å². The van der Waals surface area contributed by atoms with Crippen LogP contribution in [0.2, 0.25) is 0 Å². The smallest absolute Gasteiger partial charge is 0.341 e. The third-order valence-corrected chi connectivity index (χ3v) is 2.25. The molecule has 1 atom stereocenters. The van der Waals surface area contributed by atoms with Crippen molar-refractivity contribution in [2.75, 3.05) is 5.73 Å². The molecule has 1 amide bonds. The lowest BCUT2D eigenvalue weighted by Crippen LogP contribution is -2.32. The maximum Gasteiger partial charge on any atom is 0.341 e. The molecule has 7 heteroatoms. The van der Waals surface area contributed by atoms with E-state index in [1.54, 1.807) is 6.92 Å². The molecule has 0 fully saturated rings. The highest BCUT2D eigenvalue weighted by Crippen LogP contribution is 2.18. The highest BCUT2D eigenvalue weighted by molar-refractivity contribution is 5.96. The summed E-state index contributed by atoms with van der Waals surface area (Å²) in [6, 6.07) is 1.28. The number of halogens is 2. The molecule has 0 saturated carbocycles. The number of nitrogens with two attached hydrogens (primary N) is 2. The number of rotatable bonds is 4. The summed E-state index contributed by atoms with van der Waals surface area (Å²) < 4.78 is 30.5. The van der Waals surface area contributed by atoms with Gasteiger partial charge in [0.15, 0.2) is 17.7 Å². The number of nitrogen functional groups attached to an aromatic ring is 1. The number of ether oxygens (including phenoxy) is 1. The van der Waals surface area contributed by atoms with Gasteiger partial charge in [0.2, 0.25) is 0 Å². The number of carbonyl (C=O) groups is 2. The van der Waals surface area contributed by atoms with Crippen molar-refractivity contribution < 1.29 is 23.1 Å². The van der Waals surface area contributed by atoms with Gasteiger partial charge in [0.05, 0.1) is 5.56 Å². The molecule has 0 aromatic heterocycles. The van der Waals surface area contributed by atoms with Crippen LogP contribution in [0.15, 0.2) is 12.1 Å². The second kappa shape index (κ2) is 5.44. The van der Waals surface area contributed by atoms with E-state index in [4.69, 9.17) is 16.2 Å². The standard InChI is InChI=1S/C11H12F2N2O3/c1-2-9(10(15)16)18-11(17)5-3-6(12)7(13)4-8(5)14/h3-4,9H,2,14H2,1H3,(H2,15,16). The van der Waals surface area contributed by atoms with E-state index in [0.29, 0.717) is 12.1 Å². The van der Waals surface area contributed by atoms with Crippen LogP contribution < -0.4 is 11.5 Å². The SMILES string of the molecule is CCC(OC(=O)c1cc(F)c(F)cc1N)C(N)=O. The molecule has 0 aliphatic heterocycles. The first-order valence-electron chi connectivity index (χ1n) is 5.11. The molecule has 0 heterocycles. The van der Waals surface area contributed by atoms with Gasteiger partial charge in [-0.05, 0) is 12.5 Å². The summed E-state index contributed by atoms with van der Waals surface area (Å²) in [5, 5.41) is 0. The molecule has 0 saturated heterocycles. The Bertz CT molecular complexity index is 491. The van der Waals surface area contributed by atoms with E-state index in [1.165, 1.54) is 0 Å². The zero-order chi connectivity index (χ0) is 13.9. The summed E-state index contributed by atoms with van der Waals surface area (Å²) in [5.74, 6) is -4.27. The topological polar surface area (TPSA) is 95.4 Å². The molecule has 0 bridgehead atoms. The van der Waals surface area contributed by atoms with Crippen LogP contribution in [0, 0.1) is 11.6 Å². The number of primary amides is 1. The third-order valence-electron chi connectivity index (χ3n) is 2.25. The molecule has 0 aliphatic carbocycles. The maximum atomic E-state index is 13.0. The Balaban J connectivity index is 2.97. The predicted molar refractivity (Wildman–Crippen MR) is 59.5 cm³/mol. The van der Waals surface area contributed by atoms with Crippen molar-refractivity contribution in [1.29, 1.82) is 0 Å². The van der Waals surface area contributed by atoms with Gasteiger partial charge in [-0.2, -0.15) is 0 Å². The minimum atomic E-state index is -1.23. The first-order valence-corrected chi connectivity index (χ1v) is 5.11. The summed E-state index contributed by atoms with van der Waals surface area (Å²) in [7, 11) is 0. The lowest BCUT2D eigenvalue weighted by atomic mass is 10.1. The maximum absolute atomic E-state index is 13.0. The van der Waals surface area contributed by atoms with Crippen molar-refractivity contribution in [2.45, 2.75) is 19.4 Å². The lowest BCUT2D eigenvalue weighted by molar-refractivity contribution is -0.126. The number of benzene rings is 1. The van der Waals surface area contributed by atoms with Crippen LogP contribution in [-0.2, 0) is 9.53 Å². The van der Waals surface area contributed by atoms with Crippen LogP contribution >= 0.6 is 0 Å². The fourth-order valence-corrected chi connectivity index (χ4v) is 1.27. The minimum absolute atomic E-state index is 0.171. The van der Waals surface area contributed by atoms with Crippen molar-refractivity contribution in [3.05, 3.63) is 29.3 Å². The van der Waals surface area contributed by atoms with Gasteiger partial charge < -0.3 is 16.2 Å². The minimum Gasteiger partial charge on any atom is -0.449 e. The summed E-state index contributed by atoms with van der Waals surface area (Å²) in [5.41, 5.74) is 9.71. The molecule has 0 radical (unpaired) electrons. The van der Waals surface area contributed by atoms with Gasteiger partial charge in [0.1, 0.15) is 0 Å². The molecular formula is C11H12F2N2O3. The van der Waals surface area contributed by atoms with Crippen LogP contribution in [0.1, 0.15) is 23.7 Å². The van der Waals surface area contributed by atoms with E-state index in [9.17, 15) is 18.4 Å². The van der Waals surface area contributed by atoms with Gasteiger partial charge in [-0.1, -0.05) is 6.92 Å². The molecule has 0 spiro atoms. The zero-order valence-corrected chi connectivity index (χ0v) is 9.57. The quantitative estimate of drug-likeness (QED) is 0.621. The van der Waals surface area contributed by atoms with Gasteiger partial charge in [-0.15, -0.1) is 0 Å². The van der Waals surface area contributed by atoms with Crippen molar-refractivity contribution in [1.82, 2.24) is 0 Å². The number of esters is 1. The van der Waals surface area contributed by atoms with Crippen molar-refractivity contribution in [3.63, 3.8) is 0 Å². The normalized spacial score (nSPS) is 11.9. The van der Waals surface area contributed by atoms with Gasteiger partial charge in [-0.3, -0.25) is 4.79 Å². The second-order valence-electron chi connectivity index (χ2n) is 3.56. The number of carbonyl (C=O) groups excluding carboxylic acids is 2. The molecule has 0 aliphatic rings. The fraction of sp³-hybridized carbons (Fsp3) is 0.273. The lowest BCUT2D eigenvalue weighted by Gasteiger charge is -2.13. The van der Waals surface area contributed by atoms with Gasteiger partial charge in [-0.25, -0.2) is 13.6 Å². The second-order valence-corrected chi connectivity index (χ2v) is 3.56. The monoisotopic (exact) mass is 258 g/mol. The summed E-state index contributed by atoms with van der Waals surface area (Å²) >= 11 is 0. The molecule has 4 N–H and O–H groups in total. The summed E-state index contributed by atoms with van der Waals surface area (Å²) in [4.78, 5) is 22.5. The van der Waals surface area contributed by atoms with E-state index in [0.717, 1.165) is 0 Å². The van der Waals surface area contributed by atoms with Crippen LogP contribution in [-0.4, -0.2) is 18.0 Å². The van der Waals surface area contributed by atoms with Crippen LogP contribution in [0.5, 0.6) is 0 Å². The Hall–Kier alpha value is -2.18. The summed E-state index contributed by atoms with van der Waals surface area (Å²) in [6.45, 7) is 1.58. The third kappa shape index (κ3) is 2.93. The zero-order valence-electron chi connectivity index (χ0n) is 9.57. The van der Waals surface area contributed by atoms with Crippen molar-refractivity contribution in [3.8, 4) is 0 Å². The van der Waals surface area contributed by atoms with Gasteiger partial charge in [0.25, 0.3) is 5.91 Å². The van der Waals surface area contributed by atoms with Gasteiger partial charge >= 0.3 is 5.97 Å². The number of amides is 1. The van der Waals surface area contributed by atoms with Gasteiger partial charge in [0, 0.05) is 11.8 Å². The average molecular weight is 258 g/mol. The Kier molecular flexibility index (Phi) is 4.19. The van der Waals surface area contributed by atoms with Crippen molar-refractivity contribution in [2.24, 2.45) is 5.73 Å². The summed E-state index contributed by atoms with van der Waals surface area (Å²) in [6.07, 6.45) is -0.963. The van der Waals surface area contributed by atoms with Crippen LogP contribution in [0.3, 0.4) is 0 Å². The number of hydrogen-bond donors (Lipinski definition) is 2. The molecule has 5 nitrogen and oxygen atoms in total. The number of hydrogen-bond acceptors (Lipinski definition) is 4. The van der Waals surface area contributed by atoms with E-state index in [2.05, 4.69) is 0 Å². The van der Waals surface area contributed by atoms with E-state index in [-0.39, 0.29) is 17.7 Å². The van der Waals surface area contributed by atoms with E-state index < -0.39 is 29.6 Å². The largest absolute Gasteiger partial charge is 0.449 e. The predicted octanol–water partition coefficient (Wildman–Crippen LogP) is 0.968.